The van der Waals surface area contributed by atoms with Crippen molar-refractivity contribution >= 4 is 21.7 Å². The fraction of sp³-hybridized carbons (Fsp3) is 0.500. The van der Waals surface area contributed by atoms with E-state index in [4.69, 9.17) is 9.88 Å². The van der Waals surface area contributed by atoms with Crippen LogP contribution in [-0.4, -0.2) is 38.9 Å². The monoisotopic (exact) mass is 506 g/mol. The van der Waals surface area contributed by atoms with Gasteiger partial charge in [-0.1, -0.05) is 26.7 Å². The van der Waals surface area contributed by atoms with Crippen molar-refractivity contribution < 1.29 is 41.0 Å². The highest BCUT2D eigenvalue weighted by molar-refractivity contribution is 7.89. The third-order valence-electron chi connectivity index (χ3n) is 5.05. The number of carboxylic acids is 1. The molecule has 0 aliphatic heterocycles. The zero-order chi connectivity index (χ0) is 25.5. The van der Waals surface area contributed by atoms with E-state index in [1.165, 1.54) is 12.1 Å². The maximum absolute atomic E-state index is 12.5. The van der Waals surface area contributed by atoms with E-state index >= 15 is 0 Å². The molecule has 1 aromatic carbocycles. The average Bonchev–Trinajstić information content (AvgIpc) is 2.73. The Bertz CT molecular complexity index is 1040. The van der Waals surface area contributed by atoms with Gasteiger partial charge in [0.2, 0.25) is 10.0 Å². The number of ether oxygens (including phenoxy) is 2. The minimum atomic E-state index is -4.82. The zero-order valence-electron chi connectivity index (χ0n) is 19.0. The van der Waals surface area contributed by atoms with Crippen LogP contribution < -0.4 is 14.8 Å². The molecule has 0 bridgehead atoms. The number of anilines is 1. The molecule has 0 unspecified atom stereocenters. The van der Waals surface area contributed by atoms with Crippen molar-refractivity contribution in [1.29, 1.82) is 0 Å². The molecule has 190 valence electrons. The number of halogens is 3. The molecule has 0 aromatic heterocycles. The summed E-state index contributed by atoms with van der Waals surface area (Å²) < 4.78 is 72.0. The van der Waals surface area contributed by atoms with Crippen LogP contribution in [0.2, 0.25) is 0 Å². The molecule has 3 N–H and O–H groups in total. The molecular formula is C22H29F3N2O6S. The third-order valence-corrected chi connectivity index (χ3v) is 5.96. The summed E-state index contributed by atoms with van der Waals surface area (Å²) in [5, 5.41) is 14.9. The van der Waals surface area contributed by atoms with Gasteiger partial charge in [0.05, 0.1) is 11.3 Å². The first-order chi connectivity index (χ1) is 15.9. The van der Waals surface area contributed by atoms with Crippen LogP contribution in [0.5, 0.6) is 5.75 Å². The van der Waals surface area contributed by atoms with Crippen LogP contribution in [0, 0.1) is 0 Å². The number of rotatable bonds is 12. The summed E-state index contributed by atoms with van der Waals surface area (Å²) in [5.41, 5.74) is -0.0317. The van der Waals surface area contributed by atoms with E-state index in [0.717, 1.165) is 37.8 Å². The first-order valence-electron chi connectivity index (χ1n) is 10.9. The highest BCUT2D eigenvalue weighted by Gasteiger charge is 2.33. The molecule has 12 heteroatoms. The SMILES string of the molecule is CCCCN(CCCC)c1cc(C(=O)O)cc(S(N)(=O)=O)c1OC1=CC=C(OC(F)(F)F)CC1. The number of alkyl halides is 3. The van der Waals surface area contributed by atoms with Crippen LogP contribution in [0.1, 0.15) is 62.7 Å². The number of nitrogens with zero attached hydrogens (tertiary/aromatic N) is 1. The fourth-order valence-corrected chi connectivity index (χ4v) is 4.06. The predicted molar refractivity (Wildman–Crippen MR) is 120 cm³/mol. The molecule has 2 rings (SSSR count). The summed E-state index contributed by atoms with van der Waals surface area (Å²) in [5.74, 6) is -1.60. The van der Waals surface area contributed by atoms with Crippen LogP contribution >= 0.6 is 0 Å². The number of aromatic carboxylic acids is 1. The van der Waals surface area contributed by atoms with Gasteiger partial charge < -0.3 is 19.5 Å². The summed E-state index contributed by atoms with van der Waals surface area (Å²) in [6, 6.07) is 2.25. The Kier molecular flexibility index (Phi) is 9.39. The summed E-state index contributed by atoms with van der Waals surface area (Å²) in [6.07, 6.45) is 0.634. The minimum absolute atomic E-state index is 0.00993. The largest absolute Gasteiger partial charge is 0.572 e. The standard InChI is InChI=1S/C22H29F3N2O6S/c1-3-5-11-27(12-6-4-2)18-13-15(21(28)29)14-19(34(26,30)31)20(18)32-16-7-9-17(10-8-16)33-22(23,24)25/h7,9,13-14H,3-6,8,10-12H2,1-2H3,(H,28,29)(H2,26,30,31). The Morgan fingerprint density at radius 1 is 1.09 bits per heavy atom. The van der Waals surface area contributed by atoms with Gasteiger partial charge in [-0.2, -0.15) is 0 Å². The number of hydrogen-bond donors (Lipinski definition) is 2. The van der Waals surface area contributed by atoms with Gasteiger partial charge in [-0.3, -0.25) is 0 Å². The van der Waals surface area contributed by atoms with E-state index < -0.39 is 27.3 Å². The van der Waals surface area contributed by atoms with E-state index in [9.17, 15) is 31.5 Å². The van der Waals surface area contributed by atoms with E-state index in [1.54, 1.807) is 0 Å². The Morgan fingerprint density at radius 2 is 1.65 bits per heavy atom. The normalized spacial score (nSPS) is 14.3. The highest BCUT2D eigenvalue weighted by Crippen LogP contribution is 2.39. The molecule has 8 nitrogen and oxygen atoms in total. The van der Waals surface area contributed by atoms with E-state index in [-0.39, 0.29) is 41.4 Å². The Balaban J connectivity index is 2.60. The number of allylic oxidation sites excluding steroid dienone is 4. The lowest BCUT2D eigenvalue weighted by molar-refractivity contribution is -0.306. The molecule has 0 amide bonds. The molecule has 0 radical (unpaired) electrons. The second-order valence-electron chi connectivity index (χ2n) is 7.78. The Hall–Kier alpha value is -2.73. The number of primary sulfonamides is 1. The number of benzene rings is 1. The van der Waals surface area contributed by atoms with Crippen molar-refractivity contribution in [3.8, 4) is 5.75 Å². The maximum atomic E-state index is 12.5. The van der Waals surface area contributed by atoms with Gasteiger partial charge in [0.25, 0.3) is 0 Å². The lowest BCUT2D eigenvalue weighted by atomic mass is 10.1. The van der Waals surface area contributed by atoms with Crippen LogP contribution in [0.15, 0.2) is 40.7 Å². The van der Waals surface area contributed by atoms with E-state index in [0.29, 0.717) is 13.1 Å². The fourth-order valence-electron chi connectivity index (χ4n) is 3.36. The summed E-state index contributed by atoms with van der Waals surface area (Å²) in [4.78, 5) is 13.1. The molecule has 0 heterocycles. The number of carbonyl (C=O) groups is 1. The van der Waals surface area contributed by atoms with Gasteiger partial charge in [-0.15, -0.1) is 13.2 Å². The second-order valence-corrected chi connectivity index (χ2v) is 9.31. The van der Waals surface area contributed by atoms with Crippen LogP contribution in [0.4, 0.5) is 18.9 Å². The number of unbranched alkanes of at least 4 members (excludes halogenated alkanes) is 2. The molecule has 34 heavy (non-hydrogen) atoms. The molecule has 1 aliphatic rings. The molecule has 0 saturated carbocycles. The molecule has 1 aliphatic carbocycles. The maximum Gasteiger partial charge on any atom is 0.572 e. The summed E-state index contributed by atoms with van der Waals surface area (Å²) in [7, 11) is -4.40. The Morgan fingerprint density at radius 3 is 2.09 bits per heavy atom. The van der Waals surface area contributed by atoms with Crippen molar-refractivity contribution in [2.75, 3.05) is 18.0 Å². The van der Waals surface area contributed by atoms with Gasteiger partial charge >= 0.3 is 12.3 Å². The van der Waals surface area contributed by atoms with Crippen LogP contribution in [0.3, 0.4) is 0 Å². The van der Waals surface area contributed by atoms with E-state index in [2.05, 4.69) is 4.74 Å². The second kappa shape index (κ2) is 11.6. The van der Waals surface area contributed by atoms with Gasteiger partial charge in [-0.25, -0.2) is 18.4 Å². The number of carboxylic acid groups (broad SMARTS) is 1. The number of nitrogens with two attached hydrogens (primary N) is 1. The predicted octanol–water partition coefficient (Wildman–Crippen LogP) is 4.92. The quantitative estimate of drug-likeness (QED) is 0.413. The van der Waals surface area contributed by atoms with Gasteiger partial charge in [0.15, 0.2) is 5.75 Å². The topological polar surface area (TPSA) is 119 Å². The van der Waals surface area contributed by atoms with Crippen molar-refractivity contribution in [3.05, 3.63) is 41.4 Å². The Labute approximate surface area is 196 Å². The first-order valence-corrected chi connectivity index (χ1v) is 12.4. The average molecular weight is 507 g/mol. The lowest BCUT2D eigenvalue weighted by Crippen LogP contribution is -2.27. The lowest BCUT2D eigenvalue weighted by Gasteiger charge is -2.29. The van der Waals surface area contributed by atoms with Crippen molar-refractivity contribution in [3.63, 3.8) is 0 Å². The highest BCUT2D eigenvalue weighted by atomic mass is 32.2. The molecule has 0 spiro atoms. The van der Waals surface area contributed by atoms with Gasteiger partial charge in [0, 0.05) is 25.9 Å². The van der Waals surface area contributed by atoms with Crippen molar-refractivity contribution in [2.45, 2.75) is 63.6 Å². The molecule has 1 aromatic rings. The third kappa shape index (κ3) is 7.94. The first kappa shape index (κ1) is 27.5. The van der Waals surface area contributed by atoms with E-state index in [1.807, 2.05) is 18.7 Å². The van der Waals surface area contributed by atoms with Gasteiger partial charge in [0.1, 0.15) is 16.4 Å². The van der Waals surface area contributed by atoms with Crippen LogP contribution in [0.25, 0.3) is 0 Å². The number of hydrogen-bond acceptors (Lipinski definition) is 6. The molecular weight excluding hydrogens is 477 g/mol. The summed E-state index contributed by atoms with van der Waals surface area (Å²) in [6.45, 7) is 5.00. The van der Waals surface area contributed by atoms with Gasteiger partial charge in [-0.05, 0) is 37.1 Å². The molecule has 0 atom stereocenters. The molecule has 0 saturated heterocycles. The smallest absolute Gasteiger partial charge is 0.478 e. The zero-order valence-corrected chi connectivity index (χ0v) is 19.8. The van der Waals surface area contributed by atoms with Crippen molar-refractivity contribution in [1.82, 2.24) is 0 Å². The van der Waals surface area contributed by atoms with Crippen molar-refractivity contribution in [2.24, 2.45) is 5.14 Å². The minimum Gasteiger partial charge on any atom is -0.478 e. The number of sulfonamides is 1. The summed E-state index contributed by atoms with van der Waals surface area (Å²) >= 11 is 0. The molecule has 0 fully saturated rings. The van der Waals surface area contributed by atoms with Crippen LogP contribution in [-0.2, 0) is 14.8 Å².